The van der Waals surface area contributed by atoms with E-state index in [1.54, 1.807) is 11.0 Å². The Hall–Kier alpha value is -1.47. The third kappa shape index (κ3) is 2.99. The first-order valence-electron chi connectivity index (χ1n) is 6.32. The number of carbonyl (C=O) groups is 1. The van der Waals surface area contributed by atoms with Gasteiger partial charge in [-0.15, -0.1) is 0 Å². The first kappa shape index (κ1) is 14.9. The Labute approximate surface area is 124 Å². The highest BCUT2D eigenvalue weighted by Gasteiger charge is 2.28. The molecule has 1 aromatic rings. The second kappa shape index (κ2) is 5.88. The average molecular weight is 343 g/mol. The summed E-state index contributed by atoms with van der Waals surface area (Å²) in [5, 5.41) is 21.0. The van der Waals surface area contributed by atoms with E-state index in [0.717, 1.165) is 6.42 Å². The van der Waals surface area contributed by atoms with Crippen LogP contribution in [0.2, 0.25) is 0 Å². The Morgan fingerprint density at radius 2 is 2.25 bits per heavy atom. The Bertz CT molecular complexity index is 562. The second-order valence-corrected chi connectivity index (χ2v) is 5.74. The SMILES string of the molecule is CC(=O)c1cc(Br)c(N2CCC[C@@H](O)C2)c([N+](=O)[O-])c1. The summed E-state index contributed by atoms with van der Waals surface area (Å²) in [4.78, 5) is 24.0. The highest BCUT2D eigenvalue weighted by molar-refractivity contribution is 9.10. The zero-order valence-corrected chi connectivity index (χ0v) is 12.6. The van der Waals surface area contributed by atoms with Crippen LogP contribution in [0.5, 0.6) is 0 Å². The molecule has 0 amide bonds. The molecule has 0 unspecified atom stereocenters. The third-order valence-electron chi connectivity index (χ3n) is 3.36. The lowest BCUT2D eigenvalue weighted by Crippen LogP contribution is -2.38. The Morgan fingerprint density at radius 1 is 1.55 bits per heavy atom. The maximum atomic E-state index is 11.4. The van der Waals surface area contributed by atoms with Crippen LogP contribution in [0.25, 0.3) is 0 Å². The number of aliphatic hydroxyl groups excluding tert-OH is 1. The summed E-state index contributed by atoms with van der Waals surface area (Å²) < 4.78 is 0.506. The van der Waals surface area contributed by atoms with Crippen LogP contribution in [-0.4, -0.2) is 35.0 Å². The van der Waals surface area contributed by atoms with Crippen molar-refractivity contribution >= 4 is 33.1 Å². The first-order valence-corrected chi connectivity index (χ1v) is 7.11. The summed E-state index contributed by atoms with van der Waals surface area (Å²) in [6, 6.07) is 2.88. The number of nitro benzene ring substituents is 1. The lowest BCUT2D eigenvalue weighted by atomic mass is 10.0. The predicted molar refractivity (Wildman–Crippen MR) is 78.3 cm³/mol. The second-order valence-electron chi connectivity index (χ2n) is 4.88. The summed E-state index contributed by atoms with van der Waals surface area (Å²) in [6.07, 6.45) is 0.995. The van der Waals surface area contributed by atoms with Gasteiger partial charge in [0.2, 0.25) is 0 Å². The van der Waals surface area contributed by atoms with Gasteiger partial charge in [0, 0.05) is 29.2 Å². The topological polar surface area (TPSA) is 83.7 Å². The fourth-order valence-electron chi connectivity index (χ4n) is 2.40. The van der Waals surface area contributed by atoms with Crippen molar-refractivity contribution in [1.29, 1.82) is 0 Å². The molecule has 1 atom stereocenters. The van der Waals surface area contributed by atoms with Crippen molar-refractivity contribution in [3.63, 3.8) is 0 Å². The minimum atomic E-state index is -0.493. The van der Waals surface area contributed by atoms with Gasteiger partial charge in [-0.05, 0) is 41.8 Å². The fraction of sp³-hybridized carbons (Fsp3) is 0.462. The molecule has 1 aromatic carbocycles. The van der Waals surface area contributed by atoms with Crippen LogP contribution in [0.3, 0.4) is 0 Å². The summed E-state index contributed by atoms with van der Waals surface area (Å²) in [5.74, 6) is -0.223. The molecule has 1 fully saturated rings. The number of benzene rings is 1. The molecule has 1 aliphatic heterocycles. The molecule has 0 bridgehead atoms. The van der Waals surface area contributed by atoms with Crippen LogP contribution >= 0.6 is 15.9 Å². The van der Waals surface area contributed by atoms with Gasteiger partial charge in [0.05, 0.1) is 11.0 Å². The molecule has 0 aromatic heterocycles. The number of anilines is 1. The predicted octanol–water partition coefficient (Wildman–Crippen LogP) is 2.52. The van der Waals surface area contributed by atoms with Crippen molar-refractivity contribution in [3.05, 3.63) is 32.3 Å². The van der Waals surface area contributed by atoms with Crippen LogP contribution in [0.15, 0.2) is 16.6 Å². The molecule has 6 nitrogen and oxygen atoms in total. The first-order chi connectivity index (χ1) is 9.40. The molecule has 0 saturated carbocycles. The van der Waals surface area contributed by atoms with Crippen LogP contribution < -0.4 is 4.90 Å². The van der Waals surface area contributed by atoms with Gasteiger partial charge in [-0.25, -0.2) is 0 Å². The molecule has 7 heteroatoms. The quantitative estimate of drug-likeness (QED) is 0.518. The standard InChI is InChI=1S/C13H15BrN2O4/c1-8(17)9-5-11(14)13(12(6-9)16(19)20)15-4-2-3-10(18)7-15/h5-6,10,18H,2-4,7H2,1H3/t10-/m1/s1. The number of nitro groups is 1. The van der Waals surface area contributed by atoms with E-state index in [1.807, 2.05) is 0 Å². The van der Waals surface area contributed by atoms with Crippen molar-refractivity contribution in [2.75, 3.05) is 18.0 Å². The third-order valence-corrected chi connectivity index (χ3v) is 3.96. The van der Waals surface area contributed by atoms with Gasteiger partial charge in [0.1, 0.15) is 5.69 Å². The highest BCUT2D eigenvalue weighted by atomic mass is 79.9. The van der Waals surface area contributed by atoms with E-state index in [1.165, 1.54) is 13.0 Å². The van der Waals surface area contributed by atoms with Gasteiger partial charge in [-0.3, -0.25) is 14.9 Å². The monoisotopic (exact) mass is 342 g/mol. The number of β-amino-alcohol motifs (C(OH)–C–C–N with tert-alkyl or cyclic N) is 1. The number of ketones is 1. The van der Waals surface area contributed by atoms with Crippen molar-refractivity contribution < 1.29 is 14.8 Å². The molecular weight excluding hydrogens is 328 g/mol. The smallest absolute Gasteiger partial charge is 0.294 e. The average Bonchev–Trinajstić information content (AvgIpc) is 2.37. The molecule has 0 spiro atoms. The Kier molecular flexibility index (Phi) is 4.39. The minimum Gasteiger partial charge on any atom is -0.391 e. The van der Waals surface area contributed by atoms with Crippen molar-refractivity contribution in [2.45, 2.75) is 25.9 Å². The van der Waals surface area contributed by atoms with Crippen LogP contribution in [0.1, 0.15) is 30.1 Å². The van der Waals surface area contributed by atoms with E-state index in [-0.39, 0.29) is 11.5 Å². The van der Waals surface area contributed by atoms with E-state index in [4.69, 9.17) is 0 Å². The van der Waals surface area contributed by atoms with Crippen molar-refractivity contribution in [2.24, 2.45) is 0 Å². The molecule has 1 heterocycles. The van der Waals surface area contributed by atoms with Crippen LogP contribution in [0.4, 0.5) is 11.4 Å². The Morgan fingerprint density at radius 3 is 2.80 bits per heavy atom. The van der Waals surface area contributed by atoms with Gasteiger partial charge in [-0.1, -0.05) is 0 Å². The number of hydrogen-bond donors (Lipinski definition) is 1. The van der Waals surface area contributed by atoms with Gasteiger partial charge < -0.3 is 10.0 Å². The minimum absolute atomic E-state index is 0.112. The largest absolute Gasteiger partial charge is 0.391 e. The van der Waals surface area contributed by atoms with Crippen LogP contribution in [-0.2, 0) is 0 Å². The van der Waals surface area contributed by atoms with E-state index in [9.17, 15) is 20.0 Å². The van der Waals surface area contributed by atoms with Crippen molar-refractivity contribution in [1.82, 2.24) is 0 Å². The normalized spacial score (nSPS) is 18.9. The lowest BCUT2D eigenvalue weighted by molar-refractivity contribution is -0.384. The number of carbonyl (C=O) groups excluding carboxylic acids is 1. The van der Waals surface area contributed by atoms with E-state index in [0.29, 0.717) is 35.2 Å². The van der Waals surface area contributed by atoms with Gasteiger partial charge in [0.15, 0.2) is 5.78 Å². The van der Waals surface area contributed by atoms with Gasteiger partial charge in [0.25, 0.3) is 5.69 Å². The molecule has 20 heavy (non-hydrogen) atoms. The zero-order chi connectivity index (χ0) is 14.9. The molecule has 0 aliphatic carbocycles. The van der Waals surface area contributed by atoms with E-state index >= 15 is 0 Å². The maximum absolute atomic E-state index is 11.4. The summed E-state index contributed by atoms with van der Waals surface area (Å²) in [7, 11) is 0. The van der Waals surface area contributed by atoms with E-state index in [2.05, 4.69) is 15.9 Å². The maximum Gasteiger partial charge on any atom is 0.294 e. The summed E-state index contributed by atoms with van der Waals surface area (Å²) >= 11 is 3.31. The number of hydrogen-bond acceptors (Lipinski definition) is 5. The molecule has 0 radical (unpaired) electrons. The lowest BCUT2D eigenvalue weighted by Gasteiger charge is -2.32. The van der Waals surface area contributed by atoms with E-state index < -0.39 is 11.0 Å². The van der Waals surface area contributed by atoms with Gasteiger partial charge >= 0.3 is 0 Å². The fourth-order valence-corrected chi connectivity index (χ4v) is 3.10. The van der Waals surface area contributed by atoms with Crippen LogP contribution in [0, 0.1) is 10.1 Å². The number of aliphatic hydroxyl groups is 1. The zero-order valence-electron chi connectivity index (χ0n) is 11.0. The molecule has 1 N–H and O–H groups in total. The molecule has 1 saturated heterocycles. The number of Topliss-reactive ketones (excluding diaryl/α,β-unsaturated/α-hetero) is 1. The number of nitrogens with zero attached hydrogens (tertiary/aromatic N) is 2. The molecule has 1 aliphatic rings. The van der Waals surface area contributed by atoms with Crippen molar-refractivity contribution in [3.8, 4) is 0 Å². The number of piperidine rings is 1. The Balaban J connectivity index is 2.50. The molecule has 108 valence electrons. The highest BCUT2D eigenvalue weighted by Crippen LogP contribution is 2.38. The number of rotatable bonds is 3. The summed E-state index contributed by atoms with van der Waals surface area (Å²) in [6.45, 7) is 2.38. The van der Waals surface area contributed by atoms with Gasteiger partial charge in [-0.2, -0.15) is 0 Å². The molecule has 2 rings (SSSR count). The number of halogens is 1. The summed E-state index contributed by atoms with van der Waals surface area (Å²) in [5.41, 5.74) is 0.613. The molecular formula is C13H15BrN2O4.